The minimum absolute atomic E-state index is 0.150. The second kappa shape index (κ2) is 9.40. The Morgan fingerprint density at radius 3 is 2.61 bits per heavy atom. The molecule has 162 valence electrons. The average Bonchev–Trinajstić information content (AvgIpc) is 3.42. The number of rotatable bonds is 5. The fourth-order valence-corrected chi connectivity index (χ4v) is 5.63. The second-order valence-electron chi connectivity index (χ2n) is 6.61. The highest BCUT2D eigenvalue weighted by molar-refractivity contribution is 7.99. The van der Waals surface area contributed by atoms with Crippen LogP contribution in [0.2, 0.25) is 10.0 Å². The van der Waals surface area contributed by atoms with E-state index in [9.17, 15) is 15.3 Å². The SMILES string of the molecule is N#Cc1c(Cl)cc(SC2OC(CO)C(O)C(n3cc(-c4nccs4)nn3)[C@@H]2O)cc1Cl. The van der Waals surface area contributed by atoms with Gasteiger partial charge in [0.05, 0.1) is 28.4 Å². The zero-order chi connectivity index (χ0) is 22.1. The van der Waals surface area contributed by atoms with E-state index in [0.29, 0.717) is 15.6 Å². The molecule has 3 heterocycles. The van der Waals surface area contributed by atoms with Crippen LogP contribution in [0.4, 0.5) is 0 Å². The molecular weight excluding hydrogens is 485 g/mol. The Labute approximate surface area is 194 Å². The van der Waals surface area contributed by atoms with Crippen molar-refractivity contribution in [3.8, 4) is 16.8 Å². The van der Waals surface area contributed by atoms with Crippen LogP contribution in [0.5, 0.6) is 0 Å². The first-order valence-electron chi connectivity index (χ1n) is 8.93. The van der Waals surface area contributed by atoms with Gasteiger partial charge in [0.2, 0.25) is 0 Å². The lowest BCUT2D eigenvalue weighted by Crippen LogP contribution is -2.55. The molecule has 0 aliphatic carbocycles. The summed E-state index contributed by atoms with van der Waals surface area (Å²) in [5.41, 5.74) is -0.244. The van der Waals surface area contributed by atoms with Crippen molar-refractivity contribution >= 4 is 46.3 Å². The monoisotopic (exact) mass is 499 g/mol. The number of thiazole rings is 1. The van der Waals surface area contributed by atoms with Crippen molar-refractivity contribution in [2.75, 3.05) is 6.61 Å². The molecule has 4 rings (SSSR count). The summed E-state index contributed by atoms with van der Waals surface area (Å²) in [7, 11) is 0. The second-order valence-corrected chi connectivity index (χ2v) is 9.49. The molecule has 5 atom stereocenters. The molecular formula is C18H15Cl2N5O4S2. The topological polar surface area (TPSA) is 137 Å². The zero-order valence-electron chi connectivity index (χ0n) is 15.5. The maximum atomic E-state index is 11.0. The highest BCUT2D eigenvalue weighted by Crippen LogP contribution is 2.40. The third-order valence-electron chi connectivity index (χ3n) is 4.70. The fourth-order valence-electron chi connectivity index (χ4n) is 3.21. The number of thioether (sulfide) groups is 1. The molecule has 3 aromatic rings. The van der Waals surface area contributed by atoms with Crippen LogP contribution in [-0.4, -0.2) is 65.7 Å². The van der Waals surface area contributed by atoms with Gasteiger partial charge >= 0.3 is 0 Å². The summed E-state index contributed by atoms with van der Waals surface area (Å²) in [4.78, 5) is 4.72. The molecule has 0 saturated carbocycles. The Morgan fingerprint density at radius 2 is 2.00 bits per heavy atom. The molecule has 1 aromatic carbocycles. The Morgan fingerprint density at radius 1 is 1.26 bits per heavy atom. The Bertz CT molecular complexity index is 1080. The average molecular weight is 500 g/mol. The van der Waals surface area contributed by atoms with Crippen LogP contribution in [-0.2, 0) is 4.74 Å². The predicted molar refractivity (Wildman–Crippen MR) is 115 cm³/mol. The van der Waals surface area contributed by atoms with Crippen molar-refractivity contribution in [2.24, 2.45) is 0 Å². The minimum Gasteiger partial charge on any atom is -0.394 e. The van der Waals surface area contributed by atoms with Crippen LogP contribution in [0.15, 0.2) is 34.8 Å². The van der Waals surface area contributed by atoms with Gasteiger partial charge in [-0.2, -0.15) is 5.26 Å². The normalized spacial score (nSPS) is 26.0. The standard InChI is InChI=1S/C18H15Cl2N5O4S2/c19-10-3-8(4-11(20)9(10)5-21)31-18-16(28)14(15(27)13(7-26)29-18)25-6-12(23-24-25)17-22-1-2-30-17/h1-4,6,13-16,18,26-28H,7H2/t13?,14?,15?,16-,18?/m0/s1. The van der Waals surface area contributed by atoms with E-state index < -0.39 is 36.4 Å². The van der Waals surface area contributed by atoms with Gasteiger partial charge in [-0.25, -0.2) is 9.67 Å². The van der Waals surface area contributed by atoms with Gasteiger partial charge in [0.1, 0.15) is 46.6 Å². The molecule has 4 unspecified atom stereocenters. The van der Waals surface area contributed by atoms with Crippen molar-refractivity contribution in [1.29, 1.82) is 5.26 Å². The molecule has 0 bridgehead atoms. The van der Waals surface area contributed by atoms with Crippen LogP contribution in [0.3, 0.4) is 0 Å². The molecule has 0 spiro atoms. The smallest absolute Gasteiger partial charge is 0.145 e. The summed E-state index contributed by atoms with van der Waals surface area (Å²) in [5, 5.41) is 51.4. The van der Waals surface area contributed by atoms with E-state index in [1.54, 1.807) is 17.8 Å². The molecule has 13 heteroatoms. The molecule has 31 heavy (non-hydrogen) atoms. The summed E-state index contributed by atoms with van der Waals surface area (Å²) in [6.45, 7) is -0.468. The molecule has 3 N–H and O–H groups in total. The molecule has 9 nitrogen and oxygen atoms in total. The number of aliphatic hydroxyl groups excluding tert-OH is 3. The van der Waals surface area contributed by atoms with Crippen molar-refractivity contribution < 1.29 is 20.1 Å². The highest BCUT2D eigenvalue weighted by Gasteiger charge is 2.46. The Balaban J connectivity index is 1.62. The minimum atomic E-state index is -1.24. The summed E-state index contributed by atoms with van der Waals surface area (Å²) in [6.07, 6.45) is -0.216. The van der Waals surface area contributed by atoms with Gasteiger partial charge < -0.3 is 20.1 Å². The van der Waals surface area contributed by atoms with Crippen LogP contribution < -0.4 is 0 Å². The number of aliphatic hydroxyl groups is 3. The molecule has 1 aliphatic heterocycles. The number of halogens is 2. The first-order chi connectivity index (χ1) is 14.9. The lowest BCUT2D eigenvalue weighted by atomic mass is 9.97. The van der Waals surface area contributed by atoms with Crippen molar-refractivity contribution in [3.05, 3.63) is 45.5 Å². The molecule has 1 saturated heterocycles. The van der Waals surface area contributed by atoms with E-state index in [1.807, 2.05) is 6.07 Å². The first kappa shape index (κ1) is 22.4. The number of benzene rings is 1. The largest absolute Gasteiger partial charge is 0.394 e. The maximum absolute atomic E-state index is 11.0. The molecule has 1 aliphatic rings. The number of aromatic nitrogens is 4. The summed E-state index contributed by atoms with van der Waals surface area (Å²) in [6, 6.07) is 4.07. The third-order valence-corrected chi connectivity index (χ3v) is 7.22. The summed E-state index contributed by atoms with van der Waals surface area (Å²) < 4.78 is 7.07. The van der Waals surface area contributed by atoms with Gasteiger partial charge in [-0.3, -0.25) is 0 Å². The van der Waals surface area contributed by atoms with Crippen molar-refractivity contribution in [3.63, 3.8) is 0 Å². The van der Waals surface area contributed by atoms with Crippen LogP contribution in [0, 0.1) is 11.3 Å². The maximum Gasteiger partial charge on any atom is 0.145 e. The van der Waals surface area contributed by atoms with E-state index >= 15 is 0 Å². The number of hydrogen-bond acceptors (Lipinski definition) is 10. The van der Waals surface area contributed by atoms with Gasteiger partial charge in [0.25, 0.3) is 0 Å². The molecule has 0 amide bonds. The number of nitriles is 1. The van der Waals surface area contributed by atoms with Gasteiger partial charge in [-0.1, -0.05) is 40.2 Å². The molecule has 2 aromatic heterocycles. The van der Waals surface area contributed by atoms with Crippen LogP contribution >= 0.6 is 46.3 Å². The van der Waals surface area contributed by atoms with E-state index in [4.69, 9.17) is 33.2 Å². The van der Waals surface area contributed by atoms with E-state index in [2.05, 4.69) is 15.3 Å². The predicted octanol–water partition coefficient (Wildman–Crippen LogP) is 2.35. The molecule has 1 fully saturated rings. The number of nitrogens with zero attached hydrogens (tertiary/aromatic N) is 5. The summed E-state index contributed by atoms with van der Waals surface area (Å²) >= 11 is 14.7. The lowest BCUT2D eigenvalue weighted by molar-refractivity contribution is -0.178. The van der Waals surface area contributed by atoms with Gasteiger partial charge in [-0.15, -0.1) is 16.4 Å². The Hall–Kier alpha value is -1.75. The molecule has 0 radical (unpaired) electrons. The van der Waals surface area contributed by atoms with E-state index in [0.717, 1.165) is 11.8 Å². The lowest BCUT2D eigenvalue weighted by Gasteiger charge is -2.41. The third kappa shape index (κ3) is 4.44. The summed E-state index contributed by atoms with van der Waals surface area (Å²) in [5.74, 6) is 0. The quantitative estimate of drug-likeness (QED) is 0.482. The van der Waals surface area contributed by atoms with Gasteiger partial charge in [0.15, 0.2) is 0 Å². The van der Waals surface area contributed by atoms with Crippen molar-refractivity contribution in [2.45, 2.75) is 34.7 Å². The first-order valence-corrected chi connectivity index (χ1v) is 11.4. The fraction of sp³-hybridized carbons (Fsp3) is 0.333. The van der Waals surface area contributed by atoms with Gasteiger partial charge in [-0.05, 0) is 12.1 Å². The van der Waals surface area contributed by atoms with E-state index in [1.165, 1.54) is 28.2 Å². The van der Waals surface area contributed by atoms with E-state index in [-0.39, 0.29) is 15.6 Å². The van der Waals surface area contributed by atoms with Crippen LogP contribution in [0.25, 0.3) is 10.7 Å². The zero-order valence-corrected chi connectivity index (χ0v) is 18.7. The van der Waals surface area contributed by atoms with Gasteiger partial charge in [0, 0.05) is 16.5 Å². The number of ether oxygens (including phenoxy) is 1. The Kier molecular flexibility index (Phi) is 6.80. The van der Waals surface area contributed by atoms with Crippen LogP contribution in [0.1, 0.15) is 11.6 Å². The highest BCUT2D eigenvalue weighted by atomic mass is 35.5. The van der Waals surface area contributed by atoms with Crippen molar-refractivity contribution in [1.82, 2.24) is 20.0 Å². The number of hydrogen-bond donors (Lipinski definition) is 3.